The number of halogens is 4. The van der Waals surface area contributed by atoms with Gasteiger partial charge in [0.1, 0.15) is 23.9 Å². The van der Waals surface area contributed by atoms with Crippen LogP contribution in [0.3, 0.4) is 0 Å². The number of alkyl halides is 4. The van der Waals surface area contributed by atoms with E-state index < -0.39 is 23.5 Å². The molecule has 0 amide bonds. The number of ether oxygens (including phenoxy) is 1. The van der Waals surface area contributed by atoms with Gasteiger partial charge in [0, 0.05) is 67.0 Å². The highest BCUT2D eigenvalue weighted by atomic mass is 19.4. The number of fused-ring (bicyclic) bond motifs is 7. The maximum atomic E-state index is 14.8. The number of benzene rings is 1. The Morgan fingerprint density at radius 3 is 2.74 bits per heavy atom. The second kappa shape index (κ2) is 9.98. The number of hydrogen-bond acceptors (Lipinski definition) is 8. The van der Waals surface area contributed by atoms with Gasteiger partial charge in [-0.25, -0.2) is 9.37 Å². The van der Waals surface area contributed by atoms with Crippen molar-refractivity contribution in [2.24, 2.45) is 0 Å². The summed E-state index contributed by atoms with van der Waals surface area (Å²) in [7, 11) is 0. The molecular weight excluding hydrogens is 602 g/mol. The number of imidazole rings is 1. The molecule has 0 saturated carbocycles. The molecule has 0 aliphatic carbocycles. The van der Waals surface area contributed by atoms with Gasteiger partial charge in [0.05, 0.1) is 28.3 Å². The zero-order valence-electron chi connectivity index (χ0n) is 25.2. The number of nitrogens with zero attached hydrogens (tertiary/aromatic N) is 7. The number of rotatable bonds is 5. The number of hydrogen-bond donors (Lipinski definition) is 2. The average Bonchev–Trinajstić information content (AvgIpc) is 3.83. The molecule has 2 N–H and O–H groups in total. The first-order valence-corrected chi connectivity index (χ1v) is 15.9. The molecular formula is C32H33F4N9O. The van der Waals surface area contributed by atoms with E-state index in [1.165, 1.54) is 19.2 Å². The molecule has 4 aliphatic heterocycles. The number of nitrogens with one attached hydrogen (secondary N) is 2. The molecule has 46 heavy (non-hydrogen) atoms. The lowest BCUT2D eigenvalue weighted by atomic mass is 9.92. The third kappa shape index (κ3) is 4.29. The van der Waals surface area contributed by atoms with E-state index in [-0.39, 0.29) is 29.3 Å². The lowest BCUT2D eigenvalue weighted by molar-refractivity contribution is -0.137. The summed E-state index contributed by atoms with van der Waals surface area (Å²) in [4.78, 5) is 18.8. The molecule has 4 atom stereocenters. The van der Waals surface area contributed by atoms with Crippen LogP contribution in [-0.2, 0) is 6.18 Å². The minimum atomic E-state index is -4.63. The van der Waals surface area contributed by atoms with Crippen molar-refractivity contribution in [2.45, 2.75) is 69.0 Å². The summed E-state index contributed by atoms with van der Waals surface area (Å²) in [5, 5.41) is 10.9. The van der Waals surface area contributed by atoms with Gasteiger partial charge in [-0.2, -0.15) is 28.2 Å². The first-order valence-electron chi connectivity index (χ1n) is 15.9. The maximum absolute atomic E-state index is 14.8. The van der Waals surface area contributed by atoms with Gasteiger partial charge in [-0.15, -0.1) is 0 Å². The van der Waals surface area contributed by atoms with Gasteiger partial charge in [0.2, 0.25) is 0 Å². The minimum absolute atomic E-state index is 0.00220. The number of aryl methyl sites for hydroxylation is 1. The molecule has 4 aliphatic rings. The maximum Gasteiger partial charge on any atom is 0.417 e. The Hall–Kier alpha value is -4.04. The quantitative estimate of drug-likeness (QED) is 0.259. The van der Waals surface area contributed by atoms with E-state index in [1.54, 1.807) is 22.9 Å². The van der Waals surface area contributed by atoms with Crippen molar-refractivity contribution in [2.75, 3.05) is 37.7 Å². The first kappa shape index (κ1) is 28.2. The Morgan fingerprint density at radius 2 is 1.93 bits per heavy atom. The van der Waals surface area contributed by atoms with Crippen LogP contribution in [0.15, 0.2) is 30.7 Å². The van der Waals surface area contributed by atoms with Gasteiger partial charge >= 0.3 is 12.2 Å². The topological polar surface area (TPSA) is 99.5 Å². The fourth-order valence-electron chi connectivity index (χ4n) is 8.61. The van der Waals surface area contributed by atoms with E-state index >= 15 is 0 Å². The highest BCUT2D eigenvalue weighted by molar-refractivity contribution is 6.04. The van der Waals surface area contributed by atoms with Gasteiger partial charge in [0.25, 0.3) is 0 Å². The second-order valence-electron chi connectivity index (χ2n) is 13.4. The van der Waals surface area contributed by atoms with E-state index in [0.29, 0.717) is 58.5 Å². The summed E-state index contributed by atoms with van der Waals surface area (Å²) in [5.74, 6) is 0.650. The Morgan fingerprint density at radius 1 is 1.11 bits per heavy atom. The largest absolute Gasteiger partial charge is 0.461 e. The fraction of sp³-hybridized carbons (Fsp3) is 0.500. The molecule has 2 bridgehead atoms. The highest BCUT2D eigenvalue weighted by Gasteiger charge is 2.49. The third-order valence-corrected chi connectivity index (χ3v) is 10.5. The van der Waals surface area contributed by atoms with Crippen LogP contribution < -0.4 is 15.0 Å². The van der Waals surface area contributed by atoms with Crippen LogP contribution in [0.2, 0.25) is 0 Å². The van der Waals surface area contributed by atoms with Crippen LogP contribution in [0.1, 0.15) is 43.2 Å². The lowest BCUT2D eigenvalue weighted by Crippen LogP contribution is -2.51. The van der Waals surface area contributed by atoms with E-state index in [1.807, 2.05) is 0 Å². The summed E-state index contributed by atoms with van der Waals surface area (Å²) in [6.45, 7) is 4.40. The Balaban J connectivity index is 1.25. The Kier molecular flexibility index (Phi) is 6.12. The zero-order chi connectivity index (χ0) is 31.4. The molecule has 4 fully saturated rings. The summed E-state index contributed by atoms with van der Waals surface area (Å²) in [6, 6.07) is 3.91. The molecule has 10 nitrogen and oxygen atoms in total. The molecule has 9 rings (SSSR count). The number of H-pyrrole nitrogens is 1. The number of anilines is 1. The third-order valence-electron chi connectivity index (χ3n) is 10.5. The molecule has 0 radical (unpaired) electrons. The van der Waals surface area contributed by atoms with Gasteiger partial charge in [-0.1, -0.05) is 0 Å². The van der Waals surface area contributed by atoms with Crippen LogP contribution in [0.5, 0.6) is 6.01 Å². The zero-order valence-corrected chi connectivity index (χ0v) is 25.2. The number of pyridine rings is 1. The minimum Gasteiger partial charge on any atom is -0.461 e. The van der Waals surface area contributed by atoms with Gasteiger partial charge in [0.15, 0.2) is 5.82 Å². The van der Waals surface area contributed by atoms with Crippen molar-refractivity contribution in [3.05, 3.63) is 41.9 Å². The van der Waals surface area contributed by atoms with Crippen LogP contribution >= 0.6 is 0 Å². The molecule has 14 heteroatoms. The standard InChI is InChI=1S/C32H33F4N9O/c1-17-9-23-22(12-38-42-23)25(26(17)32(34,35)36)21-10-24-27(45-8-6-37-28(21)45)29(43-14-19-3-4-20(15-43)39-19)41-30(40-24)46-16-31-5-2-7-44(31)13-18(33)11-31/h6,8-10,12,18-20,39H,2-5,7,11,13-16H2,1H3,(H,38,42)/t18-,19-,20+,31+/m1/s1. The molecule has 5 aromatic rings. The molecule has 0 spiro atoms. The van der Waals surface area contributed by atoms with Crippen molar-refractivity contribution in [3.63, 3.8) is 0 Å². The molecule has 240 valence electrons. The number of piperazine rings is 1. The summed E-state index contributed by atoms with van der Waals surface area (Å²) >= 11 is 0. The highest BCUT2D eigenvalue weighted by Crippen LogP contribution is 2.46. The Bertz CT molecular complexity index is 1990. The van der Waals surface area contributed by atoms with Crippen LogP contribution in [0.4, 0.5) is 23.4 Å². The molecule has 4 saturated heterocycles. The second-order valence-corrected chi connectivity index (χ2v) is 13.4. The predicted molar refractivity (Wildman–Crippen MR) is 164 cm³/mol. The average molecular weight is 636 g/mol. The lowest BCUT2D eigenvalue weighted by Gasteiger charge is -2.34. The summed E-state index contributed by atoms with van der Waals surface area (Å²) in [5.41, 5.74) is 1.17. The van der Waals surface area contributed by atoms with E-state index in [9.17, 15) is 17.6 Å². The van der Waals surface area contributed by atoms with Crippen molar-refractivity contribution in [3.8, 4) is 17.1 Å². The fourth-order valence-corrected chi connectivity index (χ4v) is 8.61. The summed E-state index contributed by atoms with van der Waals surface area (Å²) in [6.07, 6.45) is 3.58. The van der Waals surface area contributed by atoms with E-state index in [0.717, 1.165) is 45.3 Å². The monoisotopic (exact) mass is 635 g/mol. The SMILES string of the molecule is Cc1cc2[nH]ncc2c(-c2cc3nc(OC[C@@]45CCCN4C[C@H](F)C5)nc(N4C[C@H]5CC[C@@H](C4)N5)c3n3ccnc23)c1C(F)(F)F. The Labute approximate surface area is 261 Å². The van der Waals surface area contributed by atoms with Crippen molar-refractivity contribution in [1.82, 2.24) is 39.8 Å². The van der Waals surface area contributed by atoms with Gasteiger partial charge < -0.3 is 15.0 Å². The summed E-state index contributed by atoms with van der Waals surface area (Å²) < 4.78 is 66.9. The first-order chi connectivity index (χ1) is 22.2. The molecule has 8 heterocycles. The van der Waals surface area contributed by atoms with Crippen molar-refractivity contribution < 1.29 is 22.3 Å². The van der Waals surface area contributed by atoms with Crippen LogP contribution in [-0.4, -0.2) is 91.0 Å². The van der Waals surface area contributed by atoms with Gasteiger partial charge in [-0.05, 0) is 56.8 Å². The molecule has 1 aromatic carbocycles. The van der Waals surface area contributed by atoms with Gasteiger partial charge in [-0.3, -0.25) is 14.4 Å². The molecule has 0 unspecified atom stereocenters. The van der Waals surface area contributed by atoms with Crippen molar-refractivity contribution in [1.29, 1.82) is 0 Å². The van der Waals surface area contributed by atoms with E-state index in [4.69, 9.17) is 14.7 Å². The number of aromatic nitrogens is 6. The molecule has 4 aromatic heterocycles. The van der Waals surface area contributed by atoms with E-state index in [2.05, 4.69) is 30.3 Å². The van der Waals surface area contributed by atoms with Crippen molar-refractivity contribution >= 4 is 33.4 Å². The van der Waals surface area contributed by atoms with Crippen LogP contribution in [0.25, 0.3) is 38.7 Å². The smallest absolute Gasteiger partial charge is 0.417 e. The predicted octanol–water partition coefficient (Wildman–Crippen LogP) is 5.04. The normalized spacial score (nSPS) is 26.6. The van der Waals surface area contributed by atoms with Crippen LogP contribution in [0, 0.1) is 6.92 Å². The number of aromatic amines is 1.